The van der Waals surface area contributed by atoms with E-state index in [0.29, 0.717) is 39.7 Å². The standard InChI is InChI=1S/C23H28O9S/c1-23(26,22(24)25)13-16-10-15(6-7-19(16)30-3)14-33(27,28)9-8-18-20(31-4)11-17(29-2)12-21(18)32-5/h6-12,26H,13-14H2,1-5H3,(H,24,25). The average Bonchev–Trinajstić information content (AvgIpc) is 2.76. The number of methoxy groups -OCH3 is 4. The molecule has 0 radical (unpaired) electrons. The van der Waals surface area contributed by atoms with Crippen LogP contribution < -0.4 is 18.9 Å². The molecule has 180 valence electrons. The van der Waals surface area contributed by atoms with E-state index in [9.17, 15) is 23.4 Å². The zero-order valence-electron chi connectivity index (χ0n) is 19.1. The summed E-state index contributed by atoms with van der Waals surface area (Å²) < 4.78 is 46.6. The molecule has 0 aliphatic heterocycles. The van der Waals surface area contributed by atoms with Crippen LogP contribution in [0.25, 0.3) is 6.08 Å². The van der Waals surface area contributed by atoms with Gasteiger partial charge in [0.2, 0.25) is 0 Å². The second kappa shape index (κ2) is 10.6. The Balaban J connectivity index is 2.36. The van der Waals surface area contributed by atoms with Crippen LogP contribution in [0.5, 0.6) is 23.0 Å². The van der Waals surface area contributed by atoms with Crippen molar-refractivity contribution in [2.24, 2.45) is 0 Å². The van der Waals surface area contributed by atoms with Gasteiger partial charge >= 0.3 is 5.97 Å². The lowest BCUT2D eigenvalue weighted by atomic mass is 9.95. The van der Waals surface area contributed by atoms with Crippen molar-refractivity contribution < 1.29 is 42.4 Å². The van der Waals surface area contributed by atoms with E-state index in [2.05, 4.69) is 0 Å². The zero-order valence-corrected chi connectivity index (χ0v) is 19.9. The molecule has 33 heavy (non-hydrogen) atoms. The van der Waals surface area contributed by atoms with Crippen LogP contribution in [0.15, 0.2) is 35.7 Å². The smallest absolute Gasteiger partial charge is 0.335 e. The molecule has 10 heteroatoms. The van der Waals surface area contributed by atoms with Crippen LogP contribution in [-0.4, -0.2) is 58.6 Å². The second-order valence-corrected chi connectivity index (χ2v) is 9.34. The number of hydrogen-bond donors (Lipinski definition) is 2. The van der Waals surface area contributed by atoms with Gasteiger partial charge in [0.1, 0.15) is 23.0 Å². The first kappa shape index (κ1) is 26.0. The SMILES string of the molecule is COc1cc(OC)c(C=CS(=O)(=O)Cc2ccc(OC)c(CC(C)(O)C(=O)O)c2)c(OC)c1. The zero-order chi connectivity index (χ0) is 24.8. The summed E-state index contributed by atoms with van der Waals surface area (Å²) >= 11 is 0. The van der Waals surface area contributed by atoms with Gasteiger partial charge in [0.05, 0.1) is 39.8 Å². The molecule has 0 bridgehead atoms. The summed E-state index contributed by atoms with van der Waals surface area (Å²) in [5, 5.41) is 20.4. The van der Waals surface area contributed by atoms with Crippen molar-refractivity contribution in [3.05, 3.63) is 52.4 Å². The Kier molecular flexibility index (Phi) is 8.34. The summed E-state index contributed by atoms with van der Waals surface area (Å²) in [5.41, 5.74) is -0.825. The highest BCUT2D eigenvalue weighted by molar-refractivity contribution is 7.93. The third-order valence-corrected chi connectivity index (χ3v) is 6.19. The van der Waals surface area contributed by atoms with Crippen molar-refractivity contribution in [2.45, 2.75) is 24.7 Å². The Hall–Kier alpha value is -3.24. The Bertz CT molecular complexity index is 1110. The number of ether oxygens (including phenoxy) is 4. The molecule has 1 unspecified atom stereocenters. The number of aliphatic carboxylic acids is 1. The highest BCUT2D eigenvalue weighted by Crippen LogP contribution is 2.35. The van der Waals surface area contributed by atoms with E-state index in [1.54, 1.807) is 18.2 Å². The van der Waals surface area contributed by atoms with E-state index in [4.69, 9.17) is 18.9 Å². The summed E-state index contributed by atoms with van der Waals surface area (Å²) in [6.45, 7) is 1.16. The van der Waals surface area contributed by atoms with E-state index in [0.717, 1.165) is 12.3 Å². The number of sulfone groups is 1. The van der Waals surface area contributed by atoms with Gasteiger partial charge in [-0.1, -0.05) is 12.1 Å². The van der Waals surface area contributed by atoms with Crippen molar-refractivity contribution in [1.29, 1.82) is 0 Å². The van der Waals surface area contributed by atoms with Crippen molar-refractivity contribution in [1.82, 2.24) is 0 Å². The number of carboxylic acids is 1. The Morgan fingerprint density at radius 2 is 1.55 bits per heavy atom. The second-order valence-electron chi connectivity index (χ2n) is 7.46. The largest absolute Gasteiger partial charge is 0.496 e. The molecule has 0 spiro atoms. The molecule has 0 saturated heterocycles. The van der Waals surface area contributed by atoms with Crippen LogP contribution in [0.3, 0.4) is 0 Å². The van der Waals surface area contributed by atoms with Gasteiger partial charge in [0.15, 0.2) is 15.4 Å². The van der Waals surface area contributed by atoms with Crippen LogP contribution >= 0.6 is 0 Å². The quantitative estimate of drug-likeness (QED) is 0.499. The summed E-state index contributed by atoms with van der Waals surface area (Å²) in [6.07, 6.45) is 1.13. The maximum absolute atomic E-state index is 12.8. The first-order chi connectivity index (χ1) is 15.5. The van der Waals surface area contributed by atoms with Crippen molar-refractivity contribution in [3.8, 4) is 23.0 Å². The molecule has 2 N–H and O–H groups in total. The number of carboxylic acid groups (broad SMARTS) is 1. The molecule has 0 aliphatic rings. The summed E-state index contributed by atoms with van der Waals surface area (Å²) in [4.78, 5) is 11.3. The van der Waals surface area contributed by atoms with Crippen LogP contribution in [0.2, 0.25) is 0 Å². The van der Waals surface area contributed by atoms with Gasteiger partial charge in [0.25, 0.3) is 0 Å². The van der Waals surface area contributed by atoms with Gasteiger partial charge in [-0.05, 0) is 30.2 Å². The average molecular weight is 481 g/mol. The number of carbonyl (C=O) groups is 1. The van der Waals surface area contributed by atoms with E-state index in [-0.39, 0.29) is 12.2 Å². The third-order valence-electron chi connectivity index (χ3n) is 4.90. The highest BCUT2D eigenvalue weighted by Gasteiger charge is 2.31. The topological polar surface area (TPSA) is 129 Å². The minimum Gasteiger partial charge on any atom is -0.496 e. The van der Waals surface area contributed by atoms with Crippen LogP contribution in [0.4, 0.5) is 0 Å². The van der Waals surface area contributed by atoms with Gasteiger partial charge in [-0.15, -0.1) is 0 Å². The summed E-state index contributed by atoms with van der Waals surface area (Å²) in [6, 6.07) is 7.84. The van der Waals surface area contributed by atoms with E-state index < -0.39 is 21.4 Å². The maximum Gasteiger partial charge on any atom is 0.335 e. The van der Waals surface area contributed by atoms with Crippen molar-refractivity contribution in [3.63, 3.8) is 0 Å². The molecule has 0 aromatic heterocycles. The van der Waals surface area contributed by atoms with Crippen LogP contribution in [0, 0.1) is 0 Å². The molecule has 0 fully saturated rings. The molecule has 2 aromatic rings. The van der Waals surface area contributed by atoms with Crippen molar-refractivity contribution >= 4 is 21.9 Å². The molecule has 1 atom stereocenters. The molecule has 0 aliphatic carbocycles. The number of aliphatic hydroxyl groups is 1. The summed E-state index contributed by atoms with van der Waals surface area (Å²) in [7, 11) is 2.06. The molecule has 0 heterocycles. The number of rotatable bonds is 11. The van der Waals surface area contributed by atoms with Gasteiger partial charge in [-0.2, -0.15) is 0 Å². The predicted octanol–water partition coefficient (Wildman–Crippen LogP) is 2.68. The lowest BCUT2D eigenvalue weighted by Crippen LogP contribution is -2.37. The number of benzene rings is 2. The normalized spacial score (nSPS) is 13.4. The molecular formula is C23H28O9S. The van der Waals surface area contributed by atoms with Crippen LogP contribution in [-0.2, 0) is 26.8 Å². The highest BCUT2D eigenvalue weighted by atomic mass is 32.2. The predicted molar refractivity (Wildman–Crippen MR) is 123 cm³/mol. The minimum absolute atomic E-state index is 0.254. The Morgan fingerprint density at radius 3 is 2.03 bits per heavy atom. The fourth-order valence-electron chi connectivity index (χ4n) is 3.16. The maximum atomic E-state index is 12.8. The molecule has 0 amide bonds. The molecule has 9 nitrogen and oxygen atoms in total. The van der Waals surface area contributed by atoms with E-state index in [1.165, 1.54) is 46.6 Å². The molecule has 2 aromatic carbocycles. The fourth-order valence-corrected chi connectivity index (χ4v) is 4.24. The first-order valence-electron chi connectivity index (χ1n) is 9.78. The van der Waals surface area contributed by atoms with Gasteiger partial charge in [-0.3, -0.25) is 0 Å². The number of hydrogen-bond acceptors (Lipinski definition) is 8. The van der Waals surface area contributed by atoms with Gasteiger partial charge < -0.3 is 29.2 Å². The first-order valence-corrected chi connectivity index (χ1v) is 11.5. The third kappa shape index (κ3) is 6.62. The molecule has 0 saturated carbocycles. The fraction of sp³-hybridized carbons (Fsp3) is 0.348. The molecular weight excluding hydrogens is 452 g/mol. The Morgan fingerprint density at radius 1 is 0.970 bits per heavy atom. The van der Waals surface area contributed by atoms with E-state index >= 15 is 0 Å². The van der Waals surface area contributed by atoms with Gasteiger partial charge in [0, 0.05) is 24.0 Å². The van der Waals surface area contributed by atoms with Crippen molar-refractivity contribution in [2.75, 3.05) is 28.4 Å². The minimum atomic E-state index is -3.74. The van der Waals surface area contributed by atoms with Crippen LogP contribution in [0.1, 0.15) is 23.6 Å². The lowest BCUT2D eigenvalue weighted by molar-refractivity contribution is -0.156. The Labute approximate surface area is 193 Å². The molecule has 2 rings (SSSR count). The van der Waals surface area contributed by atoms with Gasteiger partial charge in [-0.25, -0.2) is 13.2 Å². The summed E-state index contributed by atoms with van der Waals surface area (Å²) in [5.74, 6) is -0.155. The monoisotopic (exact) mass is 480 g/mol. The van der Waals surface area contributed by atoms with E-state index in [1.807, 2.05) is 0 Å². The lowest BCUT2D eigenvalue weighted by Gasteiger charge is -2.20.